The van der Waals surface area contributed by atoms with E-state index in [2.05, 4.69) is 6.92 Å². The number of nitrogens with zero attached hydrogens (tertiary/aromatic N) is 1. The standard InChI is InChI=1S/C29H27NO4/c1-3-19-9-11-21(12-10-19)26-25(27(31)22-13-14-24-23(16-22)15-18(2)34-24)28(32)29(33)30(26)17-20-7-5-4-6-8-20/h4-14,16,18,26,31H,3,15,17H2,1-2H3/b27-25+/t18-,26+/m1/s1. The molecule has 1 saturated heterocycles. The normalized spacial score (nSPS) is 20.9. The molecule has 1 amide bonds. The fraction of sp³-hybridized carbons (Fsp3) is 0.241. The Balaban J connectivity index is 1.62. The summed E-state index contributed by atoms with van der Waals surface area (Å²) in [4.78, 5) is 28.0. The quantitative estimate of drug-likeness (QED) is 0.328. The van der Waals surface area contributed by atoms with E-state index in [9.17, 15) is 14.7 Å². The number of ketones is 1. The molecule has 3 aromatic rings. The van der Waals surface area contributed by atoms with Gasteiger partial charge in [0.1, 0.15) is 17.6 Å². The van der Waals surface area contributed by atoms with Crippen LogP contribution in [-0.4, -0.2) is 27.8 Å². The molecule has 3 aromatic carbocycles. The van der Waals surface area contributed by atoms with Crippen LogP contribution in [0.1, 0.15) is 47.7 Å². The van der Waals surface area contributed by atoms with E-state index in [0.29, 0.717) is 5.56 Å². The smallest absolute Gasteiger partial charge is 0.295 e. The summed E-state index contributed by atoms with van der Waals surface area (Å²) in [5.41, 5.74) is 4.51. The van der Waals surface area contributed by atoms with Crippen molar-refractivity contribution in [2.75, 3.05) is 0 Å². The summed E-state index contributed by atoms with van der Waals surface area (Å²) < 4.78 is 5.77. The average molecular weight is 454 g/mol. The highest BCUT2D eigenvalue weighted by Gasteiger charge is 2.46. The monoisotopic (exact) mass is 453 g/mol. The molecular weight excluding hydrogens is 426 g/mol. The SMILES string of the molecule is CCc1ccc([C@H]2/C(=C(\O)c3ccc4c(c3)C[C@@H](C)O4)C(=O)C(=O)N2Cc2ccccc2)cc1. The van der Waals surface area contributed by atoms with Crippen molar-refractivity contribution in [2.24, 2.45) is 0 Å². The first-order chi connectivity index (χ1) is 16.5. The molecule has 5 rings (SSSR count). The lowest BCUT2D eigenvalue weighted by atomic mass is 9.93. The second-order valence-electron chi connectivity index (χ2n) is 8.96. The molecule has 0 aliphatic carbocycles. The number of aliphatic hydroxyl groups excluding tert-OH is 1. The Labute approximate surface area is 199 Å². The molecule has 5 nitrogen and oxygen atoms in total. The van der Waals surface area contributed by atoms with Gasteiger partial charge in [0.15, 0.2) is 0 Å². The molecule has 0 aromatic heterocycles. The summed E-state index contributed by atoms with van der Waals surface area (Å²) in [6.45, 7) is 4.35. The molecule has 0 bridgehead atoms. The molecule has 2 aliphatic heterocycles. The van der Waals surface area contributed by atoms with E-state index in [4.69, 9.17) is 4.74 Å². The summed E-state index contributed by atoms with van der Waals surface area (Å²) in [5, 5.41) is 11.4. The lowest BCUT2D eigenvalue weighted by molar-refractivity contribution is -0.140. The Hall–Kier alpha value is -3.86. The van der Waals surface area contributed by atoms with Crippen LogP contribution >= 0.6 is 0 Å². The number of amides is 1. The average Bonchev–Trinajstić information content (AvgIpc) is 3.35. The van der Waals surface area contributed by atoms with Gasteiger partial charge in [0.25, 0.3) is 11.7 Å². The highest BCUT2D eigenvalue weighted by molar-refractivity contribution is 6.46. The van der Waals surface area contributed by atoms with Gasteiger partial charge in [-0.05, 0) is 53.8 Å². The van der Waals surface area contributed by atoms with Gasteiger partial charge < -0.3 is 14.7 Å². The number of ether oxygens (including phenoxy) is 1. The number of rotatable bonds is 5. The second kappa shape index (κ2) is 8.82. The fourth-order valence-corrected chi connectivity index (χ4v) is 4.83. The molecule has 1 fully saturated rings. The summed E-state index contributed by atoms with van der Waals surface area (Å²) >= 11 is 0. The first kappa shape index (κ1) is 22.0. The zero-order valence-corrected chi connectivity index (χ0v) is 19.3. The first-order valence-electron chi connectivity index (χ1n) is 11.7. The molecule has 2 aliphatic rings. The van der Waals surface area contributed by atoms with Crippen LogP contribution in [0.3, 0.4) is 0 Å². The van der Waals surface area contributed by atoms with Gasteiger partial charge in [-0.3, -0.25) is 9.59 Å². The minimum atomic E-state index is -0.672. The maximum Gasteiger partial charge on any atom is 0.295 e. The molecule has 172 valence electrons. The number of aliphatic hydroxyl groups is 1. The number of aryl methyl sites for hydroxylation is 1. The summed E-state index contributed by atoms with van der Waals surface area (Å²) in [7, 11) is 0. The molecule has 0 radical (unpaired) electrons. The van der Waals surface area contributed by atoms with Crippen molar-refractivity contribution >= 4 is 17.4 Å². The van der Waals surface area contributed by atoms with Gasteiger partial charge in [0.05, 0.1) is 11.6 Å². The van der Waals surface area contributed by atoms with Crippen molar-refractivity contribution in [3.63, 3.8) is 0 Å². The number of fused-ring (bicyclic) bond motifs is 1. The third-order valence-electron chi connectivity index (χ3n) is 6.61. The maximum absolute atomic E-state index is 13.3. The third-order valence-corrected chi connectivity index (χ3v) is 6.61. The van der Waals surface area contributed by atoms with Crippen molar-refractivity contribution in [2.45, 2.75) is 45.4 Å². The number of carbonyl (C=O) groups is 2. The molecule has 2 heterocycles. The minimum absolute atomic E-state index is 0.0703. The zero-order chi connectivity index (χ0) is 23.8. The van der Waals surface area contributed by atoms with Crippen LogP contribution in [-0.2, 0) is 29.0 Å². The van der Waals surface area contributed by atoms with E-state index in [-0.39, 0.29) is 24.0 Å². The number of hydrogen-bond acceptors (Lipinski definition) is 4. The minimum Gasteiger partial charge on any atom is -0.507 e. The van der Waals surface area contributed by atoms with Crippen molar-refractivity contribution < 1.29 is 19.4 Å². The van der Waals surface area contributed by atoms with Gasteiger partial charge in [-0.15, -0.1) is 0 Å². The first-order valence-corrected chi connectivity index (χ1v) is 11.7. The molecule has 1 N–H and O–H groups in total. The van der Waals surface area contributed by atoms with Gasteiger partial charge in [-0.25, -0.2) is 0 Å². The van der Waals surface area contributed by atoms with Crippen molar-refractivity contribution in [3.8, 4) is 5.75 Å². The van der Waals surface area contributed by atoms with Gasteiger partial charge in [-0.1, -0.05) is 61.5 Å². The van der Waals surface area contributed by atoms with Crippen molar-refractivity contribution in [3.05, 3.63) is 106 Å². The van der Waals surface area contributed by atoms with E-state index >= 15 is 0 Å². The molecule has 2 atom stereocenters. The van der Waals surface area contributed by atoms with E-state index in [1.165, 1.54) is 0 Å². The largest absolute Gasteiger partial charge is 0.507 e. The van der Waals surface area contributed by atoms with E-state index < -0.39 is 17.7 Å². The summed E-state index contributed by atoms with van der Waals surface area (Å²) in [5.74, 6) is -0.627. The summed E-state index contributed by atoms with van der Waals surface area (Å²) in [6.07, 6.45) is 1.70. The van der Waals surface area contributed by atoms with Crippen LogP contribution in [0.5, 0.6) is 5.75 Å². The molecule has 5 heteroatoms. The predicted octanol–water partition coefficient (Wildman–Crippen LogP) is 5.19. The number of Topliss-reactive ketones (excluding diaryl/α,β-unsaturated/α-hetero) is 1. The second-order valence-corrected chi connectivity index (χ2v) is 8.96. The number of hydrogen-bond donors (Lipinski definition) is 1. The van der Waals surface area contributed by atoms with E-state index in [1.807, 2.05) is 73.7 Å². The Kier molecular flexibility index (Phi) is 5.70. The van der Waals surface area contributed by atoms with Crippen LogP contribution in [0.15, 0.2) is 78.4 Å². The molecule has 34 heavy (non-hydrogen) atoms. The maximum atomic E-state index is 13.3. The fourth-order valence-electron chi connectivity index (χ4n) is 4.83. The van der Waals surface area contributed by atoms with E-state index in [1.54, 1.807) is 11.0 Å². The number of benzene rings is 3. The number of likely N-dealkylation sites (tertiary alicyclic amines) is 1. The van der Waals surface area contributed by atoms with Gasteiger partial charge in [0.2, 0.25) is 0 Å². The third kappa shape index (κ3) is 3.87. The number of carbonyl (C=O) groups excluding carboxylic acids is 2. The van der Waals surface area contributed by atoms with Crippen molar-refractivity contribution in [1.29, 1.82) is 0 Å². The topological polar surface area (TPSA) is 66.8 Å². The molecule has 0 saturated carbocycles. The van der Waals surface area contributed by atoms with Crippen LogP contribution in [0.4, 0.5) is 0 Å². The van der Waals surface area contributed by atoms with Crippen LogP contribution in [0, 0.1) is 0 Å². The molecule has 0 spiro atoms. The predicted molar refractivity (Wildman–Crippen MR) is 130 cm³/mol. The van der Waals surface area contributed by atoms with E-state index in [0.717, 1.165) is 40.8 Å². The van der Waals surface area contributed by atoms with Crippen molar-refractivity contribution in [1.82, 2.24) is 4.90 Å². The van der Waals surface area contributed by atoms with Gasteiger partial charge in [-0.2, -0.15) is 0 Å². The zero-order valence-electron chi connectivity index (χ0n) is 19.3. The highest BCUT2D eigenvalue weighted by atomic mass is 16.5. The molecular formula is C29H27NO4. The Morgan fingerprint density at radius 2 is 1.74 bits per heavy atom. The molecule has 0 unspecified atom stereocenters. The highest BCUT2D eigenvalue weighted by Crippen LogP contribution is 2.41. The van der Waals surface area contributed by atoms with Crippen LogP contribution in [0.25, 0.3) is 5.76 Å². The summed E-state index contributed by atoms with van der Waals surface area (Å²) in [6, 6.07) is 22.2. The Morgan fingerprint density at radius 3 is 2.44 bits per heavy atom. The van der Waals surface area contributed by atoms with Crippen LogP contribution in [0.2, 0.25) is 0 Å². The van der Waals surface area contributed by atoms with Gasteiger partial charge in [0, 0.05) is 18.5 Å². The Morgan fingerprint density at radius 1 is 1.00 bits per heavy atom. The lowest BCUT2D eigenvalue weighted by Crippen LogP contribution is -2.29. The van der Waals surface area contributed by atoms with Crippen LogP contribution < -0.4 is 4.74 Å². The lowest BCUT2D eigenvalue weighted by Gasteiger charge is -2.25. The Bertz CT molecular complexity index is 1280. The van der Waals surface area contributed by atoms with Gasteiger partial charge >= 0.3 is 0 Å².